The highest BCUT2D eigenvalue weighted by atomic mass is 32.1. The van der Waals surface area contributed by atoms with E-state index in [1.807, 2.05) is 52.8 Å². The molecule has 8 heteroatoms. The van der Waals surface area contributed by atoms with Crippen molar-refractivity contribution in [3.63, 3.8) is 0 Å². The molecule has 2 N–H and O–H groups in total. The Morgan fingerprint density at radius 1 is 1.03 bits per heavy atom. The van der Waals surface area contributed by atoms with Gasteiger partial charge in [0.2, 0.25) is 11.8 Å². The van der Waals surface area contributed by atoms with Gasteiger partial charge in [0.25, 0.3) is 0 Å². The summed E-state index contributed by atoms with van der Waals surface area (Å²) in [4.78, 5) is 40.0. The molecular formula is C23H37N3O4S. The van der Waals surface area contributed by atoms with Crippen molar-refractivity contribution in [3.8, 4) is 0 Å². The molecule has 1 aromatic carbocycles. The van der Waals surface area contributed by atoms with E-state index in [-0.39, 0.29) is 11.7 Å². The summed E-state index contributed by atoms with van der Waals surface area (Å²) in [7, 11) is 1.56. The summed E-state index contributed by atoms with van der Waals surface area (Å²) in [5, 5.41) is 5.52. The molecule has 0 radical (unpaired) electrons. The molecule has 0 aliphatic carbocycles. The monoisotopic (exact) mass is 451 g/mol. The standard InChI is InChI=1S/C23H37N3O4S/c1-14-10-15(2)12-16(11-14)18(19(27)25-22(3,4)5)26(9)20(28)17(13-31)24-21(29)30-23(6,7)8/h10-12,17-18,31H,13H2,1-9H3,(H,24,29)(H,25,27). The minimum Gasteiger partial charge on any atom is -0.444 e. The minimum absolute atomic E-state index is 0.0584. The van der Waals surface area contributed by atoms with Crippen LogP contribution in [0, 0.1) is 13.8 Å². The molecule has 1 aromatic rings. The van der Waals surface area contributed by atoms with Crippen molar-refractivity contribution in [1.29, 1.82) is 0 Å². The third-order valence-corrected chi connectivity index (χ3v) is 4.58. The first-order chi connectivity index (χ1) is 14.0. The summed E-state index contributed by atoms with van der Waals surface area (Å²) >= 11 is 4.23. The minimum atomic E-state index is -0.945. The Morgan fingerprint density at radius 2 is 1.55 bits per heavy atom. The lowest BCUT2D eigenvalue weighted by Gasteiger charge is -2.33. The summed E-state index contributed by atoms with van der Waals surface area (Å²) in [5.41, 5.74) is 1.50. The lowest BCUT2D eigenvalue weighted by molar-refractivity contribution is -0.141. The van der Waals surface area contributed by atoms with Crippen LogP contribution in [-0.2, 0) is 14.3 Å². The second kappa shape index (κ2) is 10.4. The van der Waals surface area contributed by atoms with E-state index in [1.54, 1.807) is 27.8 Å². The highest BCUT2D eigenvalue weighted by molar-refractivity contribution is 7.80. The van der Waals surface area contributed by atoms with Crippen molar-refractivity contribution >= 4 is 30.5 Å². The molecule has 0 fully saturated rings. The fraction of sp³-hybridized carbons (Fsp3) is 0.609. The van der Waals surface area contributed by atoms with Crippen LogP contribution in [-0.4, -0.2) is 52.8 Å². The van der Waals surface area contributed by atoms with Crippen LogP contribution in [0.2, 0.25) is 0 Å². The van der Waals surface area contributed by atoms with Crippen LogP contribution < -0.4 is 10.6 Å². The van der Waals surface area contributed by atoms with Crippen molar-refractivity contribution in [3.05, 3.63) is 34.9 Å². The molecule has 0 bridgehead atoms. The van der Waals surface area contributed by atoms with Crippen molar-refractivity contribution in [2.24, 2.45) is 0 Å². The Labute approximate surface area is 191 Å². The number of hydrogen-bond acceptors (Lipinski definition) is 5. The van der Waals surface area contributed by atoms with Gasteiger partial charge in [0.15, 0.2) is 0 Å². The first-order valence-electron chi connectivity index (χ1n) is 10.3. The van der Waals surface area contributed by atoms with Gasteiger partial charge in [-0.25, -0.2) is 4.79 Å². The largest absolute Gasteiger partial charge is 0.444 e. The molecule has 1 rings (SSSR count). The molecule has 0 saturated carbocycles. The van der Waals surface area contributed by atoms with E-state index in [4.69, 9.17) is 4.74 Å². The van der Waals surface area contributed by atoms with E-state index in [2.05, 4.69) is 23.3 Å². The molecule has 0 aromatic heterocycles. The van der Waals surface area contributed by atoms with Crippen molar-refractivity contribution in [2.75, 3.05) is 12.8 Å². The summed E-state index contributed by atoms with van der Waals surface area (Å²) in [6.45, 7) is 14.7. The van der Waals surface area contributed by atoms with E-state index in [0.29, 0.717) is 5.56 Å². The number of thiol groups is 1. The van der Waals surface area contributed by atoms with Gasteiger partial charge in [-0.3, -0.25) is 9.59 Å². The molecule has 2 unspecified atom stereocenters. The van der Waals surface area contributed by atoms with Gasteiger partial charge in [-0.2, -0.15) is 12.6 Å². The van der Waals surface area contributed by atoms with Crippen LogP contribution in [0.4, 0.5) is 4.79 Å². The van der Waals surface area contributed by atoms with Gasteiger partial charge < -0.3 is 20.3 Å². The third kappa shape index (κ3) is 8.81. The second-order valence-corrected chi connectivity index (χ2v) is 10.3. The van der Waals surface area contributed by atoms with Gasteiger partial charge in [0.1, 0.15) is 17.7 Å². The van der Waals surface area contributed by atoms with Crippen LogP contribution in [0.5, 0.6) is 0 Å². The predicted molar refractivity (Wildman–Crippen MR) is 126 cm³/mol. The smallest absolute Gasteiger partial charge is 0.408 e. The van der Waals surface area contributed by atoms with Crippen molar-refractivity contribution in [1.82, 2.24) is 15.5 Å². The Hall–Kier alpha value is -2.22. The fourth-order valence-electron chi connectivity index (χ4n) is 3.16. The normalized spacial score (nSPS) is 13.7. The number of nitrogens with one attached hydrogen (secondary N) is 2. The molecule has 7 nitrogen and oxygen atoms in total. The maximum atomic E-state index is 13.3. The first-order valence-corrected chi connectivity index (χ1v) is 10.9. The molecule has 31 heavy (non-hydrogen) atoms. The fourth-order valence-corrected chi connectivity index (χ4v) is 3.41. The van der Waals surface area contributed by atoms with Gasteiger partial charge in [0.05, 0.1) is 0 Å². The molecule has 0 aliphatic heterocycles. The van der Waals surface area contributed by atoms with Crippen LogP contribution >= 0.6 is 12.6 Å². The summed E-state index contributed by atoms with van der Waals surface area (Å²) in [5.74, 6) is -0.680. The molecular weight excluding hydrogens is 414 g/mol. The zero-order valence-corrected chi connectivity index (χ0v) is 21.0. The Morgan fingerprint density at radius 3 is 1.97 bits per heavy atom. The number of amides is 3. The number of nitrogens with zero attached hydrogens (tertiary/aromatic N) is 1. The molecule has 174 valence electrons. The van der Waals surface area contributed by atoms with Crippen molar-refractivity contribution < 1.29 is 19.1 Å². The molecule has 0 heterocycles. The zero-order chi connectivity index (χ0) is 24.1. The lowest BCUT2D eigenvalue weighted by Crippen LogP contribution is -2.54. The van der Waals surface area contributed by atoms with Gasteiger partial charge in [-0.1, -0.05) is 29.3 Å². The highest BCUT2D eigenvalue weighted by Crippen LogP contribution is 2.24. The Kier molecular flexibility index (Phi) is 8.99. The SMILES string of the molecule is Cc1cc(C)cc(C(C(=O)NC(C)(C)C)N(C)C(=O)C(CS)NC(=O)OC(C)(C)C)c1. The quantitative estimate of drug-likeness (QED) is 0.577. The number of aryl methyl sites for hydroxylation is 2. The zero-order valence-electron chi connectivity index (χ0n) is 20.1. The number of likely N-dealkylation sites (N-methyl/N-ethyl adjacent to an activating group) is 1. The van der Waals surface area contributed by atoms with Gasteiger partial charge in [0, 0.05) is 18.3 Å². The number of alkyl carbamates (subject to hydrolysis) is 1. The van der Waals surface area contributed by atoms with Gasteiger partial charge in [-0.05, 0) is 61.0 Å². The van der Waals surface area contributed by atoms with Crippen LogP contribution in [0.1, 0.15) is 64.3 Å². The lowest BCUT2D eigenvalue weighted by atomic mass is 9.98. The molecule has 0 aliphatic rings. The summed E-state index contributed by atoms with van der Waals surface area (Å²) < 4.78 is 5.26. The molecule has 0 saturated heterocycles. The Bertz CT molecular complexity index is 792. The number of benzene rings is 1. The number of hydrogen-bond donors (Lipinski definition) is 3. The van der Waals surface area contributed by atoms with Crippen molar-refractivity contribution in [2.45, 2.75) is 78.6 Å². The first kappa shape index (κ1) is 26.8. The number of rotatable bonds is 6. The van der Waals surface area contributed by atoms with E-state index in [0.717, 1.165) is 11.1 Å². The molecule has 2 atom stereocenters. The van der Waals surface area contributed by atoms with E-state index >= 15 is 0 Å². The average molecular weight is 452 g/mol. The average Bonchev–Trinajstić information content (AvgIpc) is 2.55. The predicted octanol–water partition coefficient (Wildman–Crippen LogP) is 3.54. The third-order valence-electron chi connectivity index (χ3n) is 4.21. The Balaban J connectivity index is 3.25. The van der Waals surface area contributed by atoms with E-state index < -0.39 is 35.2 Å². The second-order valence-electron chi connectivity index (χ2n) is 9.89. The maximum absolute atomic E-state index is 13.3. The van der Waals surface area contributed by atoms with Crippen LogP contribution in [0.15, 0.2) is 18.2 Å². The topological polar surface area (TPSA) is 87.7 Å². The summed E-state index contributed by atoms with van der Waals surface area (Å²) in [6, 6.07) is 3.97. The highest BCUT2D eigenvalue weighted by Gasteiger charge is 2.35. The van der Waals surface area contributed by atoms with E-state index in [1.165, 1.54) is 4.90 Å². The summed E-state index contributed by atoms with van der Waals surface area (Å²) in [6.07, 6.45) is -0.713. The number of carbonyl (C=O) groups excluding carboxylic acids is 3. The van der Waals surface area contributed by atoms with Gasteiger partial charge in [-0.15, -0.1) is 0 Å². The maximum Gasteiger partial charge on any atom is 0.408 e. The number of ether oxygens (including phenoxy) is 1. The van der Waals surface area contributed by atoms with Crippen LogP contribution in [0.3, 0.4) is 0 Å². The molecule has 3 amide bonds. The van der Waals surface area contributed by atoms with Gasteiger partial charge >= 0.3 is 6.09 Å². The number of carbonyl (C=O) groups is 3. The van der Waals surface area contributed by atoms with E-state index in [9.17, 15) is 14.4 Å². The van der Waals surface area contributed by atoms with Crippen LogP contribution in [0.25, 0.3) is 0 Å². The molecule has 0 spiro atoms.